The van der Waals surface area contributed by atoms with E-state index in [1.54, 1.807) is 35.9 Å². The molecular weight excluding hydrogens is 468 g/mol. The third-order valence-corrected chi connectivity index (χ3v) is 7.24. The van der Waals surface area contributed by atoms with Crippen LogP contribution in [-0.2, 0) is 6.54 Å². The van der Waals surface area contributed by atoms with Crippen LogP contribution < -0.4 is 10.1 Å². The van der Waals surface area contributed by atoms with Crippen LogP contribution in [0, 0.1) is 5.92 Å². The number of halogens is 2. The van der Waals surface area contributed by atoms with Crippen molar-refractivity contribution in [1.82, 2.24) is 19.7 Å². The second kappa shape index (κ2) is 11.1. The Hall–Kier alpha value is -3.07. The Labute approximate surface area is 208 Å². The minimum atomic E-state index is -2.46. The Morgan fingerprint density at radius 2 is 1.94 bits per heavy atom. The molecule has 0 unspecified atom stereocenters. The van der Waals surface area contributed by atoms with Gasteiger partial charge in [0, 0.05) is 36.1 Å². The normalized spacial score (nSPS) is 15.2. The molecule has 0 radical (unpaired) electrons. The zero-order valence-electron chi connectivity index (χ0n) is 19.0. The maximum atomic E-state index is 12.6. The van der Waals surface area contributed by atoms with Crippen molar-refractivity contribution in [3.05, 3.63) is 48.9 Å². The first-order chi connectivity index (χ1) is 16.5. The molecule has 3 heterocycles. The van der Waals surface area contributed by atoms with Gasteiger partial charge in [-0.15, -0.1) is 0 Å². The van der Waals surface area contributed by atoms with E-state index < -0.39 is 13.0 Å². The summed E-state index contributed by atoms with van der Waals surface area (Å²) in [5.41, 5.74) is 2.21. The first-order valence-electron chi connectivity index (χ1n) is 11.7. The highest BCUT2D eigenvalue weighted by molar-refractivity contribution is 7.22. The number of ether oxygens (including phenoxy) is 1. The van der Waals surface area contributed by atoms with Gasteiger partial charge in [-0.1, -0.05) is 38.0 Å². The van der Waals surface area contributed by atoms with Crippen molar-refractivity contribution in [2.75, 3.05) is 5.32 Å². The fraction of sp³-hybridized carbons (Fsp3) is 0.423. The summed E-state index contributed by atoms with van der Waals surface area (Å²) in [6, 6.07) is 9.81. The fourth-order valence-electron chi connectivity index (χ4n) is 4.48. The second-order valence-corrected chi connectivity index (χ2v) is 9.83. The molecule has 1 saturated carbocycles. The summed E-state index contributed by atoms with van der Waals surface area (Å²) >= 11 is 1.64. The predicted molar refractivity (Wildman–Crippen MR) is 138 cm³/mol. The van der Waals surface area contributed by atoms with Crippen molar-refractivity contribution in [1.29, 1.82) is 0 Å². The van der Waals surface area contributed by atoms with E-state index in [1.807, 2.05) is 18.2 Å². The molecule has 35 heavy (non-hydrogen) atoms. The van der Waals surface area contributed by atoms with Crippen molar-refractivity contribution >= 4 is 26.7 Å². The third kappa shape index (κ3) is 6.14. The number of anilines is 1. The molecule has 0 saturated heterocycles. The summed E-state index contributed by atoms with van der Waals surface area (Å²) in [6.07, 6.45) is 8.85. The molecule has 0 bridgehead atoms. The van der Waals surface area contributed by atoms with Crippen molar-refractivity contribution in [2.24, 2.45) is 5.92 Å². The molecule has 186 valence electrons. The first kappa shape index (κ1) is 25.0. The largest absolute Gasteiger partial charge is 0.457 e. The molecule has 0 amide bonds. The molecule has 1 fully saturated rings. The van der Waals surface area contributed by atoms with Gasteiger partial charge >= 0.3 is 0 Å². The lowest BCUT2D eigenvalue weighted by atomic mass is 9.85. The van der Waals surface area contributed by atoms with Gasteiger partial charge in [0.25, 0.3) is 6.43 Å². The SMILES string of the molecule is C.C[C@H](Nc1nc2ccc(Oc3ccnc(-c4cnn(CC(F)F)c4)c3)cc2s1)C1CCCCC1. The zero-order chi connectivity index (χ0) is 23.5. The van der Waals surface area contributed by atoms with Gasteiger partial charge in [0.15, 0.2) is 5.13 Å². The molecule has 1 aromatic carbocycles. The highest BCUT2D eigenvalue weighted by Gasteiger charge is 2.21. The maximum Gasteiger partial charge on any atom is 0.257 e. The quantitative estimate of drug-likeness (QED) is 0.270. The van der Waals surface area contributed by atoms with E-state index in [0.717, 1.165) is 15.3 Å². The van der Waals surface area contributed by atoms with E-state index >= 15 is 0 Å². The summed E-state index contributed by atoms with van der Waals surface area (Å²) < 4.78 is 33.5. The number of hydrogen-bond acceptors (Lipinski definition) is 6. The fourth-order valence-corrected chi connectivity index (χ4v) is 5.47. The molecule has 1 aliphatic carbocycles. The number of fused-ring (bicyclic) bond motifs is 1. The first-order valence-corrected chi connectivity index (χ1v) is 12.5. The Bertz CT molecular complexity index is 1250. The van der Waals surface area contributed by atoms with Crippen LogP contribution in [0.1, 0.15) is 46.5 Å². The lowest BCUT2D eigenvalue weighted by molar-refractivity contribution is 0.122. The number of nitrogens with one attached hydrogen (secondary N) is 1. The van der Waals surface area contributed by atoms with E-state index in [0.29, 0.717) is 34.7 Å². The van der Waals surface area contributed by atoms with Crippen molar-refractivity contribution in [3.8, 4) is 22.8 Å². The molecule has 1 aliphatic rings. The Morgan fingerprint density at radius 3 is 2.74 bits per heavy atom. The Morgan fingerprint density at radius 1 is 1.14 bits per heavy atom. The average molecular weight is 500 g/mol. The Balaban J connectivity index is 0.00000289. The molecule has 4 aromatic rings. The van der Waals surface area contributed by atoms with Gasteiger partial charge in [-0.3, -0.25) is 9.67 Å². The van der Waals surface area contributed by atoms with Crippen LogP contribution in [-0.4, -0.2) is 32.2 Å². The van der Waals surface area contributed by atoms with Gasteiger partial charge in [-0.25, -0.2) is 13.8 Å². The average Bonchev–Trinajstić information content (AvgIpc) is 3.45. The van der Waals surface area contributed by atoms with Crippen LogP contribution in [0.4, 0.5) is 13.9 Å². The monoisotopic (exact) mass is 499 g/mol. The summed E-state index contributed by atoms with van der Waals surface area (Å²) in [5.74, 6) is 2.02. The van der Waals surface area contributed by atoms with Crippen LogP contribution >= 0.6 is 11.3 Å². The van der Waals surface area contributed by atoms with Crippen molar-refractivity contribution < 1.29 is 13.5 Å². The van der Waals surface area contributed by atoms with E-state index in [1.165, 1.54) is 43.0 Å². The van der Waals surface area contributed by atoms with Crippen molar-refractivity contribution in [2.45, 2.75) is 65.5 Å². The van der Waals surface area contributed by atoms with Gasteiger partial charge in [0.1, 0.15) is 18.0 Å². The van der Waals surface area contributed by atoms with Gasteiger partial charge in [0.05, 0.1) is 22.1 Å². The summed E-state index contributed by atoms with van der Waals surface area (Å²) in [6.45, 7) is 1.82. The number of benzene rings is 1. The highest BCUT2D eigenvalue weighted by Crippen LogP contribution is 2.34. The number of pyridine rings is 1. The van der Waals surface area contributed by atoms with Crippen LogP contribution in [0.2, 0.25) is 0 Å². The number of nitrogens with zero attached hydrogens (tertiary/aromatic N) is 4. The summed E-state index contributed by atoms with van der Waals surface area (Å²) in [7, 11) is 0. The Kier molecular flexibility index (Phi) is 7.95. The molecule has 0 spiro atoms. The minimum absolute atomic E-state index is 0. The second-order valence-electron chi connectivity index (χ2n) is 8.80. The standard InChI is InChI=1S/C25H27F2N5OS.CH4/c1-16(17-5-3-2-4-6-17)30-25-31-21-8-7-19(12-23(21)34-25)33-20-9-10-28-22(11-20)18-13-29-32(14-18)15-24(26)27;/h7-14,16-17,24H,2-6,15H2,1H3,(H,30,31);1H4/t16-;/m0./s1. The van der Waals surface area contributed by atoms with E-state index in [9.17, 15) is 8.78 Å². The molecule has 5 rings (SSSR count). The topological polar surface area (TPSA) is 64.9 Å². The lowest BCUT2D eigenvalue weighted by Gasteiger charge is -2.28. The van der Waals surface area contributed by atoms with E-state index in [2.05, 4.69) is 22.3 Å². The smallest absolute Gasteiger partial charge is 0.257 e. The molecule has 6 nitrogen and oxygen atoms in total. The number of aromatic nitrogens is 4. The number of thiazole rings is 1. The third-order valence-electron chi connectivity index (χ3n) is 6.29. The lowest BCUT2D eigenvalue weighted by Crippen LogP contribution is -2.27. The molecule has 9 heteroatoms. The zero-order valence-corrected chi connectivity index (χ0v) is 19.8. The minimum Gasteiger partial charge on any atom is -0.457 e. The van der Waals surface area contributed by atoms with Gasteiger partial charge in [-0.05, 0) is 43.9 Å². The van der Waals surface area contributed by atoms with Crippen LogP contribution in [0.15, 0.2) is 48.9 Å². The van der Waals surface area contributed by atoms with Crippen LogP contribution in [0.5, 0.6) is 11.5 Å². The van der Waals surface area contributed by atoms with Crippen molar-refractivity contribution in [3.63, 3.8) is 0 Å². The maximum absolute atomic E-state index is 12.6. The molecule has 1 N–H and O–H groups in total. The summed E-state index contributed by atoms with van der Waals surface area (Å²) in [4.78, 5) is 9.08. The van der Waals surface area contributed by atoms with E-state index in [-0.39, 0.29) is 7.43 Å². The van der Waals surface area contributed by atoms with Crippen LogP contribution in [0.25, 0.3) is 21.5 Å². The highest BCUT2D eigenvalue weighted by atomic mass is 32.1. The molecule has 0 aliphatic heterocycles. The number of hydrogen-bond donors (Lipinski definition) is 1. The molecular formula is C26H31F2N5OS. The number of rotatable bonds is 8. The summed E-state index contributed by atoms with van der Waals surface area (Å²) in [5, 5.41) is 8.53. The van der Waals surface area contributed by atoms with Gasteiger partial charge in [0.2, 0.25) is 0 Å². The molecule has 1 atom stereocenters. The van der Waals surface area contributed by atoms with E-state index in [4.69, 9.17) is 9.72 Å². The van der Waals surface area contributed by atoms with Gasteiger partial charge < -0.3 is 10.1 Å². The van der Waals surface area contributed by atoms with Gasteiger partial charge in [-0.2, -0.15) is 5.10 Å². The van der Waals surface area contributed by atoms with Crippen LogP contribution in [0.3, 0.4) is 0 Å². The predicted octanol–water partition coefficient (Wildman–Crippen LogP) is 7.63. The molecule has 3 aromatic heterocycles. The number of alkyl halides is 2.